The number of nitrogens with zero attached hydrogens (tertiary/aromatic N) is 1. The lowest BCUT2D eigenvalue weighted by atomic mass is 9.95. The van der Waals surface area contributed by atoms with Crippen LogP contribution in [-0.2, 0) is 10.0 Å². The molecule has 20 heavy (non-hydrogen) atoms. The molecule has 0 aromatic heterocycles. The molecule has 1 heterocycles. The van der Waals surface area contributed by atoms with Gasteiger partial charge < -0.3 is 0 Å². The highest BCUT2D eigenvalue weighted by atomic mass is 32.2. The topological polar surface area (TPSA) is 37.4 Å². The van der Waals surface area contributed by atoms with Crippen molar-refractivity contribution in [3.8, 4) is 0 Å². The van der Waals surface area contributed by atoms with Crippen molar-refractivity contribution in [2.75, 3.05) is 12.8 Å². The van der Waals surface area contributed by atoms with E-state index in [0.29, 0.717) is 6.54 Å². The highest BCUT2D eigenvalue weighted by Gasteiger charge is 2.28. The van der Waals surface area contributed by atoms with E-state index in [4.69, 9.17) is 0 Å². The van der Waals surface area contributed by atoms with E-state index >= 15 is 0 Å². The maximum absolute atomic E-state index is 11.6. The number of hydrogen-bond acceptors (Lipinski definition) is 2. The number of benzene rings is 1. The van der Waals surface area contributed by atoms with Crippen LogP contribution in [0.25, 0.3) is 6.08 Å². The summed E-state index contributed by atoms with van der Waals surface area (Å²) in [6, 6.07) is 9.93. The minimum absolute atomic E-state index is 0.0599. The van der Waals surface area contributed by atoms with Gasteiger partial charge in [-0.3, -0.25) is 4.31 Å². The Balaban J connectivity index is 2.27. The highest BCUT2D eigenvalue weighted by Crippen LogP contribution is 2.30. The normalized spacial score (nSPS) is 19.4. The van der Waals surface area contributed by atoms with Crippen molar-refractivity contribution in [1.29, 1.82) is 0 Å². The number of hydrogen-bond donors (Lipinski definition) is 0. The van der Waals surface area contributed by atoms with E-state index in [2.05, 4.69) is 6.58 Å². The first-order valence-electron chi connectivity index (χ1n) is 6.45. The molecule has 3 nitrogen and oxygen atoms in total. The lowest BCUT2D eigenvalue weighted by Crippen LogP contribution is -2.25. The van der Waals surface area contributed by atoms with Crippen molar-refractivity contribution in [1.82, 2.24) is 4.31 Å². The molecule has 2 rings (SSSR count). The molecule has 1 atom stereocenters. The van der Waals surface area contributed by atoms with Crippen molar-refractivity contribution in [3.63, 3.8) is 0 Å². The Kier molecular flexibility index (Phi) is 4.14. The first-order valence-corrected chi connectivity index (χ1v) is 8.30. The van der Waals surface area contributed by atoms with Gasteiger partial charge in [0, 0.05) is 18.7 Å². The summed E-state index contributed by atoms with van der Waals surface area (Å²) in [5, 5.41) is 0. The van der Waals surface area contributed by atoms with Gasteiger partial charge in [-0.2, -0.15) is 0 Å². The van der Waals surface area contributed by atoms with Gasteiger partial charge in [0.05, 0.1) is 6.26 Å². The molecule has 106 valence electrons. The lowest BCUT2D eigenvalue weighted by molar-refractivity contribution is 0.502. The summed E-state index contributed by atoms with van der Waals surface area (Å²) in [4.78, 5) is 0. The monoisotopic (exact) mass is 289 g/mol. The zero-order chi connectivity index (χ0) is 14.8. The van der Waals surface area contributed by atoms with Gasteiger partial charge in [0.25, 0.3) is 0 Å². The van der Waals surface area contributed by atoms with Gasteiger partial charge in [-0.05, 0) is 18.1 Å². The fourth-order valence-electron chi connectivity index (χ4n) is 2.18. The molecule has 0 amide bonds. The van der Waals surface area contributed by atoms with E-state index in [0.717, 1.165) is 16.7 Å². The predicted octanol–water partition coefficient (Wildman–Crippen LogP) is 3.05. The zero-order valence-electron chi connectivity index (χ0n) is 11.8. The van der Waals surface area contributed by atoms with E-state index < -0.39 is 10.0 Å². The van der Waals surface area contributed by atoms with Crippen LogP contribution in [0.5, 0.6) is 0 Å². The van der Waals surface area contributed by atoms with Crippen molar-refractivity contribution in [2.45, 2.75) is 6.92 Å². The Labute approximate surface area is 121 Å². The van der Waals surface area contributed by atoms with Gasteiger partial charge in [0.15, 0.2) is 0 Å². The molecule has 0 saturated heterocycles. The molecule has 1 aliphatic heterocycles. The fourth-order valence-corrected chi connectivity index (χ4v) is 2.91. The van der Waals surface area contributed by atoms with Crippen LogP contribution in [0.4, 0.5) is 0 Å². The number of rotatable bonds is 4. The standard InChI is InChI=1S/C16H19NO2S/c1-13(2)16-12-17(20(3,18)19)11-15(16)10-9-14-7-5-4-6-8-14/h4-11,16H,1,12H2,2-3H3/b10-9+. The Morgan fingerprint density at radius 1 is 1.30 bits per heavy atom. The van der Waals surface area contributed by atoms with Crippen LogP contribution < -0.4 is 0 Å². The largest absolute Gasteiger partial charge is 0.276 e. The third-order valence-corrected chi connectivity index (χ3v) is 4.45. The van der Waals surface area contributed by atoms with Crippen LogP contribution in [0, 0.1) is 5.92 Å². The van der Waals surface area contributed by atoms with E-state index in [-0.39, 0.29) is 5.92 Å². The van der Waals surface area contributed by atoms with Gasteiger partial charge in [0.2, 0.25) is 10.0 Å². The summed E-state index contributed by atoms with van der Waals surface area (Å²) >= 11 is 0. The fraction of sp³-hybridized carbons (Fsp3) is 0.250. The van der Waals surface area contributed by atoms with E-state index in [1.54, 1.807) is 6.20 Å². The maximum Gasteiger partial charge on any atom is 0.231 e. The SMILES string of the molecule is C=C(C)C1CN(S(C)(=O)=O)C=C1/C=C/c1ccccc1. The van der Waals surface area contributed by atoms with Crippen molar-refractivity contribution < 1.29 is 8.42 Å². The van der Waals surface area contributed by atoms with Crippen LogP contribution in [0.1, 0.15) is 12.5 Å². The van der Waals surface area contributed by atoms with Crippen LogP contribution in [0.3, 0.4) is 0 Å². The van der Waals surface area contributed by atoms with E-state index in [9.17, 15) is 8.42 Å². The average Bonchev–Trinajstić information content (AvgIpc) is 2.82. The van der Waals surface area contributed by atoms with E-state index in [1.807, 2.05) is 49.4 Å². The third-order valence-electron chi connectivity index (χ3n) is 3.35. The predicted molar refractivity (Wildman–Crippen MR) is 83.4 cm³/mol. The molecule has 0 radical (unpaired) electrons. The van der Waals surface area contributed by atoms with Gasteiger partial charge in [-0.25, -0.2) is 8.42 Å². The van der Waals surface area contributed by atoms with Gasteiger partial charge in [-0.1, -0.05) is 54.6 Å². The van der Waals surface area contributed by atoms with Crippen LogP contribution in [0.2, 0.25) is 0 Å². The summed E-state index contributed by atoms with van der Waals surface area (Å²) < 4.78 is 24.7. The molecule has 0 bridgehead atoms. The zero-order valence-corrected chi connectivity index (χ0v) is 12.6. The van der Waals surface area contributed by atoms with Crippen LogP contribution in [-0.4, -0.2) is 25.5 Å². The summed E-state index contributed by atoms with van der Waals surface area (Å²) in [5.41, 5.74) is 3.04. The Morgan fingerprint density at radius 3 is 2.50 bits per heavy atom. The van der Waals surface area contributed by atoms with Crippen LogP contribution >= 0.6 is 0 Å². The molecule has 1 aliphatic rings. The quantitative estimate of drug-likeness (QED) is 0.799. The van der Waals surface area contributed by atoms with Crippen molar-refractivity contribution in [3.05, 3.63) is 65.9 Å². The van der Waals surface area contributed by atoms with Gasteiger partial charge >= 0.3 is 0 Å². The third kappa shape index (κ3) is 3.39. The Bertz CT molecular complexity index is 657. The molecule has 0 spiro atoms. The second kappa shape index (κ2) is 5.67. The smallest absolute Gasteiger partial charge is 0.231 e. The second-order valence-electron chi connectivity index (χ2n) is 5.10. The molecule has 0 N–H and O–H groups in total. The van der Waals surface area contributed by atoms with Crippen LogP contribution in [0.15, 0.2) is 60.3 Å². The highest BCUT2D eigenvalue weighted by molar-refractivity contribution is 7.88. The van der Waals surface area contributed by atoms with Crippen molar-refractivity contribution >= 4 is 16.1 Å². The molecular weight excluding hydrogens is 270 g/mol. The molecule has 0 aliphatic carbocycles. The molecule has 1 aromatic carbocycles. The van der Waals surface area contributed by atoms with E-state index in [1.165, 1.54) is 10.6 Å². The van der Waals surface area contributed by atoms with Crippen molar-refractivity contribution in [2.24, 2.45) is 5.92 Å². The molecule has 0 fully saturated rings. The summed E-state index contributed by atoms with van der Waals surface area (Å²) in [6.45, 7) is 6.34. The Hall–Kier alpha value is -1.81. The van der Waals surface area contributed by atoms with Gasteiger partial charge in [-0.15, -0.1) is 0 Å². The molecule has 4 heteroatoms. The Morgan fingerprint density at radius 2 is 1.95 bits per heavy atom. The minimum Gasteiger partial charge on any atom is -0.276 e. The summed E-state index contributed by atoms with van der Waals surface area (Å²) in [7, 11) is -3.20. The number of sulfonamides is 1. The lowest BCUT2D eigenvalue weighted by Gasteiger charge is -2.15. The molecule has 1 aromatic rings. The summed E-state index contributed by atoms with van der Waals surface area (Å²) in [5.74, 6) is 0.0599. The van der Waals surface area contributed by atoms with Gasteiger partial charge in [0.1, 0.15) is 0 Å². The maximum atomic E-state index is 11.6. The average molecular weight is 289 g/mol. The minimum atomic E-state index is -3.20. The first kappa shape index (κ1) is 14.6. The second-order valence-corrected chi connectivity index (χ2v) is 7.04. The molecule has 0 saturated carbocycles. The molecular formula is C16H19NO2S. The summed E-state index contributed by atoms with van der Waals surface area (Å²) in [6.07, 6.45) is 6.89. The number of allylic oxidation sites excluding steroid dienone is 1. The first-order chi connectivity index (χ1) is 9.38. The molecule has 1 unspecified atom stereocenters.